The highest BCUT2D eigenvalue weighted by Crippen LogP contribution is 2.40. The number of nitriles is 1. The van der Waals surface area contributed by atoms with Gasteiger partial charge in [0.15, 0.2) is 5.82 Å². The van der Waals surface area contributed by atoms with Gasteiger partial charge in [-0.15, -0.1) is 0 Å². The molecular formula is C50H65N11O7. The quantitative estimate of drug-likeness (QED) is 0.0846. The second-order valence-electron chi connectivity index (χ2n) is 18.7. The van der Waals surface area contributed by atoms with Crippen molar-refractivity contribution in [1.82, 2.24) is 36.1 Å². The molecule has 0 saturated carbocycles. The van der Waals surface area contributed by atoms with Crippen LogP contribution < -0.4 is 47.9 Å². The molecule has 0 fully saturated rings. The normalized spacial score (nSPS) is 16.8. The highest BCUT2D eigenvalue weighted by atomic mass is 16.5. The number of hydrogen-bond acceptors (Lipinski definition) is 13. The molecule has 362 valence electrons. The van der Waals surface area contributed by atoms with Crippen molar-refractivity contribution in [1.29, 1.82) is 5.26 Å². The maximum atomic E-state index is 15.0. The van der Waals surface area contributed by atoms with Crippen LogP contribution in [0.5, 0.6) is 11.5 Å². The lowest BCUT2D eigenvalue weighted by atomic mass is 9.86. The lowest BCUT2D eigenvalue weighted by Gasteiger charge is -2.34. The fraction of sp³-hybridized carbons (Fsp3) is 0.440. The minimum absolute atomic E-state index is 0.00223. The van der Waals surface area contributed by atoms with Gasteiger partial charge in [0.2, 0.25) is 23.6 Å². The number of carbonyl (C=O) groups is 5. The SMILES string of the molecule is Cc1nc(-c2ccc(C(C)(C)C)cc2)nc(C)c1C(=O)N[C@@H](CC(C)(C)N)C(=O)N(C)[C@@H]1C(=O)N[C@@H](C)C(=O)N[C@H](C(=O)NCC#N)Cc2ccc(OCCN)c(c2)-c2cc1ccc2OCCN. The minimum Gasteiger partial charge on any atom is -0.492 e. The zero-order chi connectivity index (χ0) is 50.1. The summed E-state index contributed by atoms with van der Waals surface area (Å²) in [6.07, 6.45) is -0.0506. The van der Waals surface area contributed by atoms with Crippen LogP contribution in [0.3, 0.4) is 0 Å². The van der Waals surface area contributed by atoms with Crippen molar-refractivity contribution in [2.75, 3.05) is 39.9 Å². The van der Waals surface area contributed by atoms with Gasteiger partial charge < -0.3 is 52.8 Å². The van der Waals surface area contributed by atoms with E-state index in [0.29, 0.717) is 51.0 Å². The molecule has 0 aliphatic carbocycles. The molecule has 18 heteroatoms. The Labute approximate surface area is 398 Å². The van der Waals surface area contributed by atoms with E-state index in [4.69, 9.17) is 36.6 Å². The average Bonchev–Trinajstić information content (AvgIpc) is 3.27. The molecule has 4 bridgehead atoms. The van der Waals surface area contributed by atoms with Crippen molar-refractivity contribution in [2.24, 2.45) is 17.2 Å². The van der Waals surface area contributed by atoms with E-state index < -0.39 is 59.2 Å². The number of nitrogens with two attached hydrogens (primary N) is 3. The number of aryl methyl sites for hydroxylation is 2. The average molecular weight is 932 g/mol. The van der Waals surface area contributed by atoms with Crippen LogP contribution in [0.25, 0.3) is 22.5 Å². The zero-order valence-corrected chi connectivity index (χ0v) is 40.4. The van der Waals surface area contributed by atoms with E-state index in [-0.39, 0.29) is 56.7 Å². The number of ether oxygens (including phenoxy) is 2. The molecule has 4 atom stereocenters. The second kappa shape index (κ2) is 22.2. The fourth-order valence-corrected chi connectivity index (χ4v) is 7.96. The van der Waals surface area contributed by atoms with Crippen molar-refractivity contribution in [3.63, 3.8) is 0 Å². The molecule has 0 spiro atoms. The van der Waals surface area contributed by atoms with Gasteiger partial charge in [0.05, 0.1) is 23.0 Å². The summed E-state index contributed by atoms with van der Waals surface area (Å²) in [5, 5.41) is 20.0. The van der Waals surface area contributed by atoms with E-state index in [1.165, 1.54) is 18.9 Å². The van der Waals surface area contributed by atoms with Crippen LogP contribution >= 0.6 is 0 Å². The molecule has 10 N–H and O–H groups in total. The van der Waals surface area contributed by atoms with Crippen molar-refractivity contribution in [2.45, 2.75) is 103 Å². The lowest BCUT2D eigenvalue weighted by Crippen LogP contribution is -2.56. The van der Waals surface area contributed by atoms with Gasteiger partial charge in [-0.05, 0) is 87.4 Å². The Kier molecular flexibility index (Phi) is 17.0. The Morgan fingerprint density at radius 3 is 2.03 bits per heavy atom. The van der Waals surface area contributed by atoms with Crippen LogP contribution in [0.1, 0.15) is 92.4 Å². The van der Waals surface area contributed by atoms with Crippen LogP contribution in [-0.2, 0) is 31.0 Å². The Balaban J connectivity index is 1.61. The first-order valence-corrected chi connectivity index (χ1v) is 22.6. The van der Waals surface area contributed by atoms with Crippen LogP contribution in [0.4, 0.5) is 0 Å². The maximum Gasteiger partial charge on any atom is 0.255 e. The molecule has 5 rings (SSSR count). The molecule has 0 unspecified atom stereocenters. The van der Waals surface area contributed by atoms with Crippen molar-refractivity contribution in [3.8, 4) is 40.1 Å². The molecule has 2 heterocycles. The first kappa shape index (κ1) is 52.0. The summed E-state index contributed by atoms with van der Waals surface area (Å²) in [6.45, 7) is 15.0. The van der Waals surface area contributed by atoms with Crippen LogP contribution in [0.2, 0.25) is 0 Å². The highest BCUT2D eigenvalue weighted by molar-refractivity contribution is 6.00. The number of aromatic nitrogens is 2. The molecule has 5 amide bonds. The number of rotatable bonds is 15. The zero-order valence-electron chi connectivity index (χ0n) is 40.4. The van der Waals surface area contributed by atoms with E-state index in [2.05, 4.69) is 42.0 Å². The van der Waals surface area contributed by atoms with Crippen molar-refractivity contribution in [3.05, 3.63) is 94.3 Å². The Morgan fingerprint density at radius 2 is 1.47 bits per heavy atom. The van der Waals surface area contributed by atoms with E-state index in [1.54, 1.807) is 64.1 Å². The molecule has 0 radical (unpaired) electrons. The minimum atomic E-state index is -1.43. The number of benzene rings is 3. The van der Waals surface area contributed by atoms with Crippen molar-refractivity contribution >= 4 is 29.5 Å². The lowest BCUT2D eigenvalue weighted by molar-refractivity contribution is -0.142. The number of amides is 5. The molecule has 3 aromatic carbocycles. The van der Waals surface area contributed by atoms with Gasteiger partial charge in [0.25, 0.3) is 5.91 Å². The van der Waals surface area contributed by atoms with Gasteiger partial charge in [-0.2, -0.15) is 5.26 Å². The molecule has 18 nitrogen and oxygen atoms in total. The largest absolute Gasteiger partial charge is 0.492 e. The Bertz CT molecular complexity index is 2520. The molecule has 68 heavy (non-hydrogen) atoms. The van der Waals surface area contributed by atoms with E-state index in [9.17, 15) is 24.4 Å². The van der Waals surface area contributed by atoms with E-state index in [0.717, 1.165) is 11.1 Å². The van der Waals surface area contributed by atoms with Crippen molar-refractivity contribution < 1.29 is 33.4 Å². The molecular weight excluding hydrogens is 867 g/mol. The monoisotopic (exact) mass is 932 g/mol. The third-order valence-corrected chi connectivity index (χ3v) is 11.4. The Hall–Kier alpha value is -6.94. The van der Waals surface area contributed by atoms with Gasteiger partial charge in [0.1, 0.15) is 55.4 Å². The van der Waals surface area contributed by atoms with E-state index >= 15 is 4.79 Å². The summed E-state index contributed by atoms with van der Waals surface area (Å²) in [6, 6.07) is 14.9. The molecule has 1 aromatic heterocycles. The smallest absolute Gasteiger partial charge is 0.255 e. The summed E-state index contributed by atoms with van der Waals surface area (Å²) in [7, 11) is 1.42. The predicted molar refractivity (Wildman–Crippen MR) is 258 cm³/mol. The standard InChI is InChI=1S/C50H65N11O7/c1-28-41(29(2)57-43(56-28)32-11-14-34(15-12-32)49(4,5)6)46(64)60-38(27-50(7,8)54)48(66)61(9)42-33-13-17-40(68-23-20-53)36(26-33)35-24-31(10-16-39(35)67-22-19-52)25-37(45(63)55-21-18-51)59-44(62)30(3)58-47(42)65/h10-17,24,26,30,37-38,42H,19-23,25,27,52-54H2,1-9H3,(H,55,63)(H,58,65)(H,59,62)(H,60,64)/t30-,37-,38-,42-/m0/s1. The number of carbonyl (C=O) groups excluding carboxylic acids is 5. The number of nitrogens with zero attached hydrogens (tertiary/aromatic N) is 4. The molecule has 4 aromatic rings. The number of likely N-dealkylation sites (N-methyl/N-ethyl adjacent to an activating group) is 1. The van der Waals surface area contributed by atoms with Crippen LogP contribution in [0, 0.1) is 25.2 Å². The summed E-state index contributed by atoms with van der Waals surface area (Å²) >= 11 is 0. The second-order valence-corrected chi connectivity index (χ2v) is 18.7. The third kappa shape index (κ3) is 12.9. The van der Waals surface area contributed by atoms with E-state index in [1.807, 2.05) is 30.3 Å². The van der Waals surface area contributed by atoms with Gasteiger partial charge in [-0.1, -0.05) is 57.2 Å². The van der Waals surface area contributed by atoms with Gasteiger partial charge in [-0.3, -0.25) is 24.0 Å². The van der Waals surface area contributed by atoms with Gasteiger partial charge in [-0.25, -0.2) is 9.97 Å². The topological polar surface area (TPSA) is 283 Å². The number of hydrogen-bond donors (Lipinski definition) is 7. The summed E-state index contributed by atoms with van der Waals surface area (Å²) in [4.78, 5) is 81.8. The summed E-state index contributed by atoms with van der Waals surface area (Å²) in [5.41, 5.74) is 21.9. The third-order valence-electron chi connectivity index (χ3n) is 11.4. The molecule has 0 saturated heterocycles. The number of fused-ring (bicyclic) bond motifs is 5. The first-order valence-electron chi connectivity index (χ1n) is 22.6. The highest BCUT2D eigenvalue weighted by Gasteiger charge is 2.38. The Morgan fingerprint density at radius 1 is 0.882 bits per heavy atom. The van der Waals surface area contributed by atoms with Crippen LogP contribution in [0.15, 0.2) is 60.7 Å². The molecule has 1 aliphatic heterocycles. The predicted octanol–water partition coefficient (Wildman–Crippen LogP) is 3.01. The van der Waals surface area contributed by atoms with Gasteiger partial charge >= 0.3 is 0 Å². The van der Waals surface area contributed by atoms with Gasteiger partial charge in [0, 0.05) is 48.8 Å². The summed E-state index contributed by atoms with van der Waals surface area (Å²) < 4.78 is 12.2. The molecule has 1 aliphatic rings. The van der Waals surface area contributed by atoms with Crippen LogP contribution in [-0.4, -0.2) is 108 Å². The number of nitrogens with one attached hydrogen (secondary N) is 4. The maximum absolute atomic E-state index is 15.0. The summed E-state index contributed by atoms with van der Waals surface area (Å²) in [5.74, 6) is -2.17. The fourth-order valence-electron chi connectivity index (χ4n) is 7.96. The first-order chi connectivity index (χ1) is 32.1.